The van der Waals surface area contributed by atoms with Crippen LogP contribution in [0.5, 0.6) is 5.75 Å². The van der Waals surface area contributed by atoms with Crippen LogP contribution in [-0.2, 0) is 6.54 Å². The molecule has 0 saturated heterocycles. The normalized spacial score (nSPS) is 9.85. The monoisotopic (exact) mass is 268 g/mol. The summed E-state index contributed by atoms with van der Waals surface area (Å²) >= 11 is 0. The van der Waals surface area contributed by atoms with Gasteiger partial charge in [0.25, 0.3) is 0 Å². The number of aromatic nitrogens is 1. The molecule has 0 radical (unpaired) electrons. The average molecular weight is 268 g/mol. The third kappa shape index (κ3) is 2.98. The second kappa shape index (κ2) is 5.93. The number of nitriles is 1. The molecular weight excluding hydrogens is 252 g/mol. The number of hydrogen-bond donors (Lipinski definition) is 1. The molecule has 5 heteroatoms. The number of anilines is 2. The Morgan fingerprint density at radius 3 is 2.55 bits per heavy atom. The summed E-state index contributed by atoms with van der Waals surface area (Å²) in [6, 6.07) is 13.3. The van der Waals surface area contributed by atoms with E-state index >= 15 is 0 Å². The number of rotatable bonds is 4. The molecule has 0 amide bonds. The zero-order chi connectivity index (χ0) is 14.5. The van der Waals surface area contributed by atoms with Gasteiger partial charge >= 0.3 is 0 Å². The minimum atomic E-state index is 0.254. The minimum Gasteiger partial charge on any atom is -0.497 e. The van der Waals surface area contributed by atoms with Gasteiger partial charge in [-0.05, 0) is 29.8 Å². The number of hydrogen-bond acceptors (Lipinski definition) is 5. The van der Waals surface area contributed by atoms with Gasteiger partial charge in [-0.25, -0.2) is 4.98 Å². The van der Waals surface area contributed by atoms with Crippen LogP contribution in [0.1, 0.15) is 11.3 Å². The summed E-state index contributed by atoms with van der Waals surface area (Å²) in [5, 5.41) is 8.95. The van der Waals surface area contributed by atoms with Crippen molar-refractivity contribution in [2.75, 3.05) is 24.8 Å². The number of methoxy groups -OCH3 is 1. The van der Waals surface area contributed by atoms with E-state index in [9.17, 15) is 0 Å². The van der Waals surface area contributed by atoms with Crippen molar-refractivity contribution in [1.29, 1.82) is 5.26 Å². The van der Waals surface area contributed by atoms with Gasteiger partial charge in [-0.2, -0.15) is 5.26 Å². The number of nitrogen functional groups attached to an aromatic ring is 1. The molecular formula is C15H16N4O. The summed E-state index contributed by atoms with van der Waals surface area (Å²) in [6.45, 7) is 0.686. The largest absolute Gasteiger partial charge is 0.497 e. The van der Waals surface area contributed by atoms with E-state index in [1.807, 2.05) is 42.3 Å². The van der Waals surface area contributed by atoms with Gasteiger partial charge < -0.3 is 15.4 Å². The van der Waals surface area contributed by atoms with E-state index in [0.717, 1.165) is 11.3 Å². The van der Waals surface area contributed by atoms with Gasteiger partial charge in [-0.1, -0.05) is 12.1 Å². The Morgan fingerprint density at radius 2 is 1.95 bits per heavy atom. The van der Waals surface area contributed by atoms with Crippen molar-refractivity contribution in [3.05, 3.63) is 47.7 Å². The standard InChI is InChI=1S/C15H16N4O/c1-19(10-11-3-5-12(20-2)6-4-11)15-8-7-13(17)14(9-16)18-15/h3-8H,10,17H2,1-2H3. The molecule has 0 fully saturated rings. The van der Waals surface area contributed by atoms with Crippen LogP contribution in [0.3, 0.4) is 0 Å². The van der Waals surface area contributed by atoms with E-state index in [1.54, 1.807) is 19.2 Å². The molecule has 0 saturated carbocycles. The predicted octanol–water partition coefficient (Wildman–Crippen LogP) is 2.18. The molecule has 0 atom stereocenters. The summed E-state index contributed by atoms with van der Waals surface area (Å²) < 4.78 is 5.13. The highest BCUT2D eigenvalue weighted by atomic mass is 16.5. The van der Waals surface area contributed by atoms with Gasteiger partial charge in [-0.3, -0.25) is 0 Å². The minimum absolute atomic E-state index is 0.254. The molecule has 2 rings (SSSR count). The summed E-state index contributed by atoms with van der Waals surface area (Å²) in [6.07, 6.45) is 0. The molecule has 5 nitrogen and oxygen atoms in total. The molecule has 1 aromatic heterocycles. The first-order chi connectivity index (χ1) is 9.63. The molecule has 0 aliphatic heterocycles. The Morgan fingerprint density at radius 1 is 1.25 bits per heavy atom. The van der Waals surface area contributed by atoms with Crippen LogP contribution in [0, 0.1) is 11.3 Å². The van der Waals surface area contributed by atoms with Crippen LogP contribution in [0.15, 0.2) is 36.4 Å². The zero-order valence-electron chi connectivity index (χ0n) is 11.5. The fourth-order valence-corrected chi connectivity index (χ4v) is 1.85. The number of ether oxygens (including phenoxy) is 1. The van der Waals surface area contributed by atoms with Gasteiger partial charge in [-0.15, -0.1) is 0 Å². The van der Waals surface area contributed by atoms with E-state index in [-0.39, 0.29) is 5.69 Å². The van der Waals surface area contributed by atoms with Crippen LogP contribution < -0.4 is 15.4 Å². The quantitative estimate of drug-likeness (QED) is 0.919. The Bertz CT molecular complexity index is 631. The van der Waals surface area contributed by atoms with Crippen molar-refractivity contribution in [1.82, 2.24) is 4.98 Å². The van der Waals surface area contributed by atoms with Crippen molar-refractivity contribution in [2.24, 2.45) is 0 Å². The Labute approximate surface area is 118 Å². The molecule has 20 heavy (non-hydrogen) atoms. The first kappa shape index (κ1) is 13.7. The molecule has 0 aliphatic carbocycles. The third-order valence-corrected chi connectivity index (χ3v) is 2.99. The highest BCUT2D eigenvalue weighted by molar-refractivity contribution is 5.55. The Hall–Kier alpha value is -2.74. The van der Waals surface area contributed by atoms with E-state index in [1.165, 1.54) is 0 Å². The van der Waals surface area contributed by atoms with Gasteiger partial charge in [0.05, 0.1) is 12.8 Å². The van der Waals surface area contributed by atoms with E-state index in [4.69, 9.17) is 15.7 Å². The number of nitrogens with zero attached hydrogens (tertiary/aromatic N) is 3. The first-order valence-electron chi connectivity index (χ1n) is 6.14. The number of nitrogens with two attached hydrogens (primary N) is 1. The highest BCUT2D eigenvalue weighted by Gasteiger charge is 2.07. The van der Waals surface area contributed by atoms with E-state index < -0.39 is 0 Å². The fraction of sp³-hybridized carbons (Fsp3) is 0.200. The van der Waals surface area contributed by atoms with Gasteiger partial charge in [0.2, 0.25) is 0 Å². The number of pyridine rings is 1. The van der Waals surface area contributed by atoms with Gasteiger partial charge in [0.1, 0.15) is 17.6 Å². The van der Waals surface area contributed by atoms with Crippen LogP contribution in [0.25, 0.3) is 0 Å². The van der Waals surface area contributed by atoms with Crippen molar-refractivity contribution in [2.45, 2.75) is 6.54 Å². The smallest absolute Gasteiger partial charge is 0.165 e. The molecule has 102 valence electrons. The maximum absolute atomic E-state index is 8.95. The van der Waals surface area contributed by atoms with E-state index in [2.05, 4.69) is 4.98 Å². The van der Waals surface area contributed by atoms with Crippen LogP contribution >= 0.6 is 0 Å². The average Bonchev–Trinajstić information content (AvgIpc) is 2.48. The van der Waals surface area contributed by atoms with Crippen molar-refractivity contribution < 1.29 is 4.74 Å². The summed E-state index contributed by atoms with van der Waals surface area (Å²) in [7, 11) is 3.56. The van der Waals surface area contributed by atoms with Crippen LogP contribution in [0.4, 0.5) is 11.5 Å². The van der Waals surface area contributed by atoms with Gasteiger partial charge in [0, 0.05) is 13.6 Å². The molecule has 0 spiro atoms. The fourth-order valence-electron chi connectivity index (χ4n) is 1.85. The van der Waals surface area contributed by atoms with Crippen molar-refractivity contribution in [3.63, 3.8) is 0 Å². The summed E-state index contributed by atoms with van der Waals surface area (Å²) in [5.74, 6) is 1.54. The lowest BCUT2D eigenvalue weighted by Crippen LogP contribution is -2.18. The molecule has 1 aromatic carbocycles. The lowest BCUT2D eigenvalue weighted by atomic mass is 10.2. The number of benzene rings is 1. The highest BCUT2D eigenvalue weighted by Crippen LogP contribution is 2.18. The summed E-state index contributed by atoms with van der Waals surface area (Å²) in [5.41, 5.74) is 7.45. The first-order valence-corrected chi connectivity index (χ1v) is 6.14. The molecule has 1 heterocycles. The topological polar surface area (TPSA) is 75.2 Å². The molecule has 2 N–H and O–H groups in total. The second-order valence-corrected chi connectivity index (χ2v) is 4.42. The van der Waals surface area contributed by atoms with Crippen LogP contribution in [0.2, 0.25) is 0 Å². The predicted molar refractivity (Wildman–Crippen MR) is 78.5 cm³/mol. The molecule has 0 unspecified atom stereocenters. The SMILES string of the molecule is COc1ccc(CN(C)c2ccc(N)c(C#N)n2)cc1. The van der Waals surface area contributed by atoms with Crippen LogP contribution in [-0.4, -0.2) is 19.1 Å². The maximum atomic E-state index is 8.95. The van der Waals surface area contributed by atoms with E-state index in [0.29, 0.717) is 18.1 Å². The molecule has 0 bridgehead atoms. The molecule has 2 aromatic rings. The maximum Gasteiger partial charge on any atom is 0.165 e. The Kier molecular flexibility index (Phi) is 4.06. The Balaban J connectivity index is 2.15. The lowest BCUT2D eigenvalue weighted by Gasteiger charge is -2.18. The van der Waals surface area contributed by atoms with Crippen molar-refractivity contribution >= 4 is 11.5 Å². The third-order valence-electron chi connectivity index (χ3n) is 2.99. The summed E-state index contributed by atoms with van der Waals surface area (Å²) in [4.78, 5) is 6.20. The lowest BCUT2D eigenvalue weighted by molar-refractivity contribution is 0.414. The molecule has 0 aliphatic rings. The van der Waals surface area contributed by atoms with Crippen molar-refractivity contribution in [3.8, 4) is 11.8 Å². The zero-order valence-corrected chi connectivity index (χ0v) is 11.5. The van der Waals surface area contributed by atoms with Gasteiger partial charge in [0.15, 0.2) is 5.69 Å². The second-order valence-electron chi connectivity index (χ2n) is 4.42.